The monoisotopic (exact) mass is 295 g/mol. The lowest BCUT2D eigenvalue weighted by Gasteiger charge is -2.07. The number of phenols is 1. The minimum Gasteiger partial charge on any atom is -0.508 e. The van der Waals surface area contributed by atoms with E-state index in [-0.39, 0.29) is 23.0 Å². The molecule has 106 valence electrons. The smallest absolute Gasteiger partial charge is 0.240 e. The Kier molecular flexibility index (Phi) is 4.36. The van der Waals surface area contributed by atoms with Gasteiger partial charge in [0.1, 0.15) is 11.6 Å². The predicted octanol–water partition coefficient (Wildman–Crippen LogP) is 2.05. The van der Waals surface area contributed by atoms with Crippen molar-refractivity contribution in [2.75, 3.05) is 6.54 Å². The van der Waals surface area contributed by atoms with Gasteiger partial charge in [-0.1, -0.05) is 18.2 Å². The molecule has 0 aliphatic carbocycles. The molecule has 2 aromatic rings. The van der Waals surface area contributed by atoms with Crippen LogP contribution in [0.15, 0.2) is 53.4 Å². The van der Waals surface area contributed by atoms with E-state index in [1.165, 1.54) is 36.4 Å². The first-order chi connectivity index (χ1) is 9.47. The van der Waals surface area contributed by atoms with Gasteiger partial charge in [-0.3, -0.25) is 0 Å². The zero-order chi connectivity index (χ0) is 14.6. The molecule has 20 heavy (non-hydrogen) atoms. The number of aromatic hydroxyl groups is 1. The Bertz CT molecular complexity index is 684. The molecule has 0 fully saturated rings. The van der Waals surface area contributed by atoms with Gasteiger partial charge in [0.25, 0.3) is 0 Å². The maximum atomic E-state index is 12.7. The molecule has 0 heterocycles. The number of halogens is 1. The fourth-order valence-electron chi connectivity index (χ4n) is 1.71. The van der Waals surface area contributed by atoms with Gasteiger partial charge in [0, 0.05) is 6.54 Å². The van der Waals surface area contributed by atoms with E-state index < -0.39 is 10.0 Å². The van der Waals surface area contributed by atoms with Gasteiger partial charge in [-0.15, -0.1) is 0 Å². The highest BCUT2D eigenvalue weighted by Gasteiger charge is 2.13. The molecule has 0 amide bonds. The molecule has 0 radical (unpaired) electrons. The molecule has 0 spiro atoms. The number of rotatable bonds is 5. The molecule has 0 atom stereocenters. The predicted molar refractivity (Wildman–Crippen MR) is 73.4 cm³/mol. The van der Waals surface area contributed by atoms with Crippen LogP contribution in [0, 0.1) is 5.82 Å². The average molecular weight is 295 g/mol. The zero-order valence-corrected chi connectivity index (χ0v) is 11.4. The first-order valence-corrected chi connectivity index (χ1v) is 7.49. The van der Waals surface area contributed by atoms with Gasteiger partial charge in [0.15, 0.2) is 0 Å². The van der Waals surface area contributed by atoms with E-state index in [1.54, 1.807) is 12.1 Å². The van der Waals surface area contributed by atoms with Gasteiger partial charge in [-0.25, -0.2) is 17.5 Å². The van der Waals surface area contributed by atoms with Crippen molar-refractivity contribution in [2.45, 2.75) is 11.3 Å². The molecule has 0 aliphatic heterocycles. The van der Waals surface area contributed by atoms with E-state index >= 15 is 0 Å². The summed E-state index contributed by atoms with van der Waals surface area (Å²) in [6.45, 7) is 0.198. The molecule has 2 N–H and O–H groups in total. The summed E-state index contributed by atoms with van der Waals surface area (Å²) in [6.07, 6.45) is 0.457. The number of hydrogen-bond acceptors (Lipinski definition) is 3. The van der Waals surface area contributed by atoms with Gasteiger partial charge >= 0.3 is 0 Å². The van der Waals surface area contributed by atoms with Crippen LogP contribution in [0.1, 0.15) is 5.56 Å². The molecule has 0 aromatic heterocycles. The lowest BCUT2D eigenvalue weighted by Crippen LogP contribution is -2.25. The van der Waals surface area contributed by atoms with Crippen molar-refractivity contribution >= 4 is 10.0 Å². The average Bonchev–Trinajstić information content (AvgIpc) is 2.41. The van der Waals surface area contributed by atoms with E-state index in [1.807, 2.05) is 0 Å². The van der Waals surface area contributed by atoms with Crippen LogP contribution in [0.25, 0.3) is 0 Å². The zero-order valence-electron chi connectivity index (χ0n) is 10.6. The third kappa shape index (κ3) is 3.79. The first-order valence-electron chi connectivity index (χ1n) is 6.00. The van der Waals surface area contributed by atoms with E-state index in [4.69, 9.17) is 0 Å². The molecule has 0 aliphatic rings. The SMILES string of the molecule is O=S(=O)(NCCc1ccc(F)cc1)c1cccc(O)c1. The normalized spacial score (nSPS) is 11.4. The van der Waals surface area contributed by atoms with Gasteiger partial charge < -0.3 is 5.11 Å². The summed E-state index contributed by atoms with van der Waals surface area (Å²) >= 11 is 0. The number of benzene rings is 2. The molecule has 2 aromatic carbocycles. The number of phenolic OH excluding ortho intramolecular Hbond substituents is 1. The summed E-state index contributed by atoms with van der Waals surface area (Å²) in [5, 5.41) is 9.28. The quantitative estimate of drug-likeness (QED) is 0.887. The van der Waals surface area contributed by atoms with Crippen molar-refractivity contribution < 1.29 is 17.9 Å². The molecule has 0 saturated heterocycles. The summed E-state index contributed by atoms with van der Waals surface area (Å²) in [7, 11) is -3.65. The van der Waals surface area contributed by atoms with Crippen LogP contribution < -0.4 is 4.72 Å². The van der Waals surface area contributed by atoms with Crippen molar-refractivity contribution in [3.8, 4) is 5.75 Å². The third-order valence-electron chi connectivity index (χ3n) is 2.75. The lowest BCUT2D eigenvalue weighted by atomic mass is 10.1. The van der Waals surface area contributed by atoms with Crippen molar-refractivity contribution in [3.63, 3.8) is 0 Å². The number of nitrogens with one attached hydrogen (secondary N) is 1. The van der Waals surface area contributed by atoms with Crippen LogP contribution in [0.4, 0.5) is 4.39 Å². The third-order valence-corrected chi connectivity index (χ3v) is 4.21. The molecular weight excluding hydrogens is 281 g/mol. The second-order valence-electron chi connectivity index (χ2n) is 4.27. The Labute approximate surface area is 116 Å². The second-order valence-corrected chi connectivity index (χ2v) is 6.04. The number of hydrogen-bond donors (Lipinski definition) is 2. The largest absolute Gasteiger partial charge is 0.508 e. The topological polar surface area (TPSA) is 66.4 Å². The van der Waals surface area contributed by atoms with Crippen LogP contribution in [0.5, 0.6) is 5.75 Å². The summed E-state index contributed by atoms with van der Waals surface area (Å²) in [4.78, 5) is 0.0107. The Hall–Kier alpha value is -1.92. The van der Waals surface area contributed by atoms with Gasteiger partial charge in [-0.05, 0) is 42.3 Å². The van der Waals surface area contributed by atoms with Crippen LogP contribution >= 0.6 is 0 Å². The van der Waals surface area contributed by atoms with E-state index in [0.717, 1.165) is 5.56 Å². The van der Waals surface area contributed by atoms with Gasteiger partial charge in [0.2, 0.25) is 10.0 Å². The molecule has 0 unspecified atom stereocenters. The second kappa shape index (κ2) is 6.02. The molecule has 0 saturated carbocycles. The molecule has 6 heteroatoms. The molecule has 0 bridgehead atoms. The fourth-order valence-corrected chi connectivity index (χ4v) is 2.79. The highest BCUT2D eigenvalue weighted by Crippen LogP contribution is 2.15. The maximum absolute atomic E-state index is 12.7. The Morgan fingerprint density at radius 1 is 1.10 bits per heavy atom. The van der Waals surface area contributed by atoms with E-state index in [2.05, 4.69) is 4.72 Å². The summed E-state index contributed by atoms with van der Waals surface area (Å²) in [5.74, 6) is -0.430. The summed E-state index contributed by atoms with van der Waals surface area (Å²) < 4.78 is 39.0. The van der Waals surface area contributed by atoms with Crippen LogP contribution in [0.3, 0.4) is 0 Å². The van der Waals surface area contributed by atoms with E-state index in [9.17, 15) is 17.9 Å². The van der Waals surface area contributed by atoms with Crippen LogP contribution in [0.2, 0.25) is 0 Å². The van der Waals surface area contributed by atoms with Crippen molar-refractivity contribution in [1.29, 1.82) is 0 Å². The van der Waals surface area contributed by atoms with Crippen molar-refractivity contribution in [2.24, 2.45) is 0 Å². The van der Waals surface area contributed by atoms with Crippen molar-refractivity contribution in [3.05, 3.63) is 59.9 Å². The molecule has 4 nitrogen and oxygen atoms in total. The van der Waals surface area contributed by atoms with Gasteiger partial charge in [0.05, 0.1) is 4.90 Å². The molecule has 2 rings (SSSR count). The maximum Gasteiger partial charge on any atom is 0.240 e. The Balaban J connectivity index is 1.98. The van der Waals surface area contributed by atoms with Crippen LogP contribution in [-0.4, -0.2) is 20.1 Å². The van der Waals surface area contributed by atoms with Gasteiger partial charge in [-0.2, -0.15) is 0 Å². The Morgan fingerprint density at radius 3 is 2.45 bits per heavy atom. The highest BCUT2D eigenvalue weighted by atomic mass is 32.2. The molecular formula is C14H14FNO3S. The van der Waals surface area contributed by atoms with Crippen LogP contribution in [-0.2, 0) is 16.4 Å². The standard InChI is InChI=1S/C14H14FNO3S/c15-12-6-4-11(5-7-12)8-9-16-20(18,19)14-3-1-2-13(17)10-14/h1-7,10,16-17H,8-9H2. The summed E-state index contributed by atoms with van der Waals surface area (Å²) in [5.41, 5.74) is 0.838. The van der Waals surface area contributed by atoms with Crippen molar-refractivity contribution in [1.82, 2.24) is 4.72 Å². The summed E-state index contributed by atoms with van der Waals surface area (Å²) in [6, 6.07) is 11.3. The minimum absolute atomic E-state index is 0.0107. The fraction of sp³-hybridized carbons (Fsp3) is 0.143. The lowest BCUT2D eigenvalue weighted by molar-refractivity contribution is 0.473. The number of sulfonamides is 1. The Morgan fingerprint density at radius 2 is 1.80 bits per heavy atom. The first kappa shape index (κ1) is 14.5. The highest BCUT2D eigenvalue weighted by molar-refractivity contribution is 7.89. The minimum atomic E-state index is -3.65. The van der Waals surface area contributed by atoms with E-state index in [0.29, 0.717) is 6.42 Å².